The molecule has 0 aliphatic rings. The maximum Gasteiger partial charge on any atom is 0.357 e. The van der Waals surface area contributed by atoms with Crippen LogP contribution in [0.2, 0.25) is 0 Å². The number of carbonyl (C=O) groups is 1. The van der Waals surface area contributed by atoms with Crippen molar-refractivity contribution in [3.8, 4) is 5.82 Å². The standard InChI is InChI=1S/C19H15FN4O3/c1-3-10-12(20)8-7-11-14-15(19(26)27)22-24(13-6-4-5-9-21-13)18(25)17(14)23(2)16(10)11/h4-9H,3H2,1-2H3,(H,26,27). The molecule has 136 valence electrons. The Bertz CT molecular complexity index is 1280. The van der Waals surface area contributed by atoms with E-state index in [9.17, 15) is 19.1 Å². The fraction of sp³-hybridized carbons (Fsp3) is 0.158. The van der Waals surface area contributed by atoms with Gasteiger partial charge in [0.05, 0.1) is 5.52 Å². The van der Waals surface area contributed by atoms with Crippen LogP contribution >= 0.6 is 0 Å². The van der Waals surface area contributed by atoms with Crippen LogP contribution in [0.25, 0.3) is 27.6 Å². The minimum absolute atomic E-state index is 0.142. The molecule has 8 heteroatoms. The van der Waals surface area contributed by atoms with Crippen LogP contribution in [-0.2, 0) is 13.5 Å². The second-order valence-electron chi connectivity index (χ2n) is 6.12. The van der Waals surface area contributed by atoms with E-state index in [-0.39, 0.29) is 22.4 Å². The number of aryl methyl sites for hydroxylation is 2. The highest BCUT2D eigenvalue weighted by molar-refractivity contribution is 6.16. The van der Waals surface area contributed by atoms with Crippen molar-refractivity contribution in [3.63, 3.8) is 0 Å². The summed E-state index contributed by atoms with van der Waals surface area (Å²) in [5.41, 5.74) is 0.256. The summed E-state index contributed by atoms with van der Waals surface area (Å²) < 4.78 is 16.8. The first kappa shape index (κ1) is 16.9. The molecule has 0 radical (unpaired) electrons. The molecule has 0 amide bonds. The molecule has 0 bridgehead atoms. The average Bonchev–Trinajstić information content (AvgIpc) is 2.96. The smallest absolute Gasteiger partial charge is 0.357 e. The summed E-state index contributed by atoms with van der Waals surface area (Å²) in [6.07, 6.45) is 1.89. The molecule has 0 fully saturated rings. The van der Waals surface area contributed by atoms with Crippen molar-refractivity contribution in [2.24, 2.45) is 7.05 Å². The van der Waals surface area contributed by atoms with Gasteiger partial charge in [0.15, 0.2) is 11.5 Å². The Morgan fingerprint density at radius 3 is 2.63 bits per heavy atom. The topological polar surface area (TPSA) is 90.0 Å². The fourth-order valence-corrected chi connectivity index (χ4v) is 3.51. The monoisotopic (exact) mass is 366 g/mol. The van der Waals surface area contributed by atoms with Gasteiger partial charge in [-0.15, -0.1) is 0 Å². The molecule has 1 N–H and O–H groups in total. The minimum atomic E-state index is -1.28. The Hall–Kier alpha value is -3.55. The van der Waals surface area contributed by atoms with E-state index in [0.717, 1.165) is 4.68 Å². The van der Waals surface area contributed by atoms with Gasteiger partial charge < -0.3 is 9.67 Å². The lowest BCUT2D eigenvalue weighted by Gasteiger charge is -2.07. The molecule has 3 heterocycles. The number of carboxylic acids is 1. The normalized spacial score (nSPS) is 11.4. The third-order valence-electron chi connectivity index (χ3n) is 4.66. The SMILES string of the molecule is CCc1c(F)ccc2c3c(C(=O)O)nn(-c4ccccn4)c(=O)c3n(C)c12. The van der Waals surface area contributed by atoms with Crippen molar-refractivity contribution in [3.05, 3.63) is 64.0 Å². The number of halogens is 1. The molecule has 1 aromatic carbocycles. The van der Waals surface area contributed by atoms with Crippen LogP contribution < -0.4 is 5.56 Å². The number of benzene rings is 1. The van der Waals surface area contributed by atoms with Gasteiger partial charge in [0.1, 0.15) is 11.3 Å². The van der Waals surface area contributed by atoms with E-state index in [1.165, 1.54) is 18.3 Å². The zero-order valence-corrected chi connectivity index (χ0v) is 14.6. The van der Waals surface area contributed by atoms with E-state index in [0.29, 0.717) is 22.9 Å². The lowest BCUT2D eigenvalue weighted by atomic mass is 10.1. The first-order valence-corrected chi connectivity index (χ1v) is 8.33. The number of fused-ring (bicyclic) bond motifs is 3. The van der Waals surface area contributed by atoms with E-state index in [1.54, 1.807) is 36.7 Å². The van der Waals surface area contributed by atoms with Crippen LogP contribution in [0.3, 0.4) is 0 Å². The van der Waals surface area contributed by atoms with Gasteiger partial charge >= 0.3 is 5.97 Å². The Morgan fingerprint density at radius 1 is 1.22 bits per heavy atom. The van der Waals surface area contributed by atoms with Gasteiger partial charge in [-0.3, -0.25) is 4.79 Å². The van der Waals surface area contributed by atoms with Crippen LogP contribution in [0.4, 0.5) is 4.39 Å². The molecular formula is C19H15FN4O3. The summed E-state index contributed by atoms with van der Waals surface area (Å²) in [6, 6.07) is 7.69. The Morgan fingerprint density at radius 2 is 2.00 bits per heavy atom. The molecule has 0 spiro atoms. The van der Waals surface area contributed by atoms with Gasteiger partial charge in [0.2, 0.25) is 0 Å². The molecule has 7 nitrogen and oxygen atoms in total. The van der Waals surface area contributed by atoms with Crippen LogP contribution in [0.15, 0.2) is 41.3 Å². The molecule has 4 rings (SSSR count). The molecule has 4 aromatic rings. The number of rotatable bonds is 3. The van der Waals surface area contributed by atoms with Crippen LogP contribution in [-0.4, -0.2) is 30.4 Å². The Kier molecular flexibility index (Phi) is 3.76. The number of pyridine rings is 1. The lowest BCUT2D eigenvalue weighted by Crippen LogP contribution is -2.26. The van der Waals surface area contributed by atoms with Gasteiger partial charge in [-0.2, -0.15) is 9.78 Å². The molecular weight excluding hydrogens is 351 g/mol. The van der Waals surface area contributed by atoms with E-state index in [1.807, 2.05) is 0 Å². The van der Waals surface area contributed by atoms with Crippen molar-refractivity contribution in [1.29, 1.82) is 0 Å². The molecule has 0 aliphatic heterocycles. The summed E-state index contributed by atoms with van der Waals surface area (Å²) in [6.45, 7) is 1.80. The maximum atomic E-state index is 14.3. The Balaban J connectivity index is 2.28. The first-order chi connectivity index (χ1) is 13.0. The third kappa shape index (κ3) is 2.33. The van der Waals surface area contributed by atoms with Crippen molar-refractivity contribution < 1.29 is 14.3 Å². The van der Waals surface area contributed by atoms with Crippen LogP contribution in [0, 0.1) is 5.82 Å². The highest BCUT2D eigenvalue weighted by Crippen LogP contribution is 2.32. The molecule has 0 atom stereocenters. The fourth-order valence-electron chi connectivity index (χ4n) is 3.51. The largest absolute Gasteiger partial charge is 0.476 e. The summed E-state index contributed by atoms with van der Waals surface area (Å²) >= 11 is 0. The molecule has 0 saturated carbocycles. The van der Waals surface area contributed by atoms with Gasteiger partial charge in [0, 0.05) is 29.6 Å². The summed E-state index contributed by atoms with van der Waals surface area (Å²) in [7, 11) is 1.62. The molecule has 0 saturated heterocycles. The minimum Gasteiger partial charge on any atom is -0.476 e. The van der Waals surface area contributed by atoms with E-state index in [4.69, 9.17) is 0 Å². The third-order valence-corrected chi connectivity index (χ3v) is 4.66. The number of hydrogen-bond donors (Lipinski definition) is 1. The zero-order chi connectivity index (χ0) is 19.3. The van der Waals surface area contributed by atoms with Crippen molar-refractivity contribution in [2.45, 2.75) is 13.3 Å². The summed E-state index contributed by atoms with van der Waals surface area (Å²) in [4.78, 5) is 29.1. The molecule has 3 aromatic heterocycles. The van der Waals surface area contributed by atoms with Gasteiger partial charge in [-0.25, -0.2) is 14.2 Å². The Labute approximate surface area is 152 Å². The molecule has 0 aliphatic carbocycles. The number of nitrogens with zero attached hydrogens (tertiary/aromatic N) is 4. The van der Waals surface area contributed by atoms with Crippen molar-refractivity contribution in [1.82, 2.24) is 19.3 Å². The number of aromatic nitrogens is 4. The van der Waals surface area contributed by atoms with Crippen molar-refractivity contribution in [2.75, 3.05) is 0 Å². The number of hydrogen-bond acceptors (Lipinski definition) is 4. The second-order valence-corrected chi connectivity index (χ2v) is 6.12. The van der Waals surface area contributed by atoms with Gasteiger partial charge in [-0.1, -0.05) is 13.0 Å². The second kappa shape index (κ2) is 6.01. The molecule has 27 heavy (non-hydrogen) atoms. The van der Waals surface area contributed by atoms with Crippen LogP contribution in [0.1, 0.15) is 23.0 Å². The first-order valence-electron chi connectivity index (χ1n) is 8.33. The number of aromatic carboxylic acids is 1. The quantitative estimate of drug-likeness (QED) is 0.602. The van der Waals surface area contributed by atoms with Crippen molar-refractivity contribution >= 4 is 27.8 Å². The van der Waals surface area contributed by atoms with E-state index in [2.05, 4.69) is 10.1 Å². The maximum absolute atomic E-state index is 14.3. The highest BCUT2D eigenvalue weighted by Gasteiger charge is 2.25. The van der Waals surface area contributed by atoms with Crippen LogP contribution in [0.5, 0.6) is 0 Å². The van der Waals surface area contributed by atoms with E-state index >= 15 is 0 Å². The predicted octanol–water partition coefficient (Wildman–Crippen LogP) is 2.67. The van der Waals surface area contributed by atoms with E-state index < -0.39 is 17.3 Å². The van der Waals surface area contributed by atoms with Gasteiger partial charge in [0.25, 0.3) is 5.56 Å². The lowest BCUT2D eigenvalue weighted by molar-refractivity contribution is 0.0691. The summed E-state index contributed by atoms with van der Waals surface area (Å²) in [5.74, 6) is -1.47. The number of carboxylic acid groups (broad SMARTS) is 1. The summed E-state index contributed by atoms with van der Waals surface area (Å²) in [5, 5.41) is 14.4. The molecule has 0 unspecified atom stereocenters. The van der Waals surface area contributed by atoms with Gasteiger partial charge in [-0.05, 0) is 30.7 Å². The predicted molar refractivity (Wildman–Crippen MR) is 97.9 cm³/mol. The highest BCUT2D eigenvalue weighted by atomic mass is 19.1. The average molecular weight is 366 g/mol. The zero-order valence-electron chi connectivity index (χ0n) is 14.6.